The molecule has 2 N–H and O–H groups in total. The second-order valence-corrected chi connectivity index (χ2v) is 3.51. The Kier molecular flexibility index (Phi) is 2.70. The van der Waals surface area contributed by atoms with Crippen LogP contribution in [-0.4, -0.2) is 9.55 Å². The van der Waals surface area contributed by atoms with Gasteiger partial charge in [0.25, 0.3) is 0 Å². The maximum Gasteiger partial charge on any atom is 0.147 e. The van der Waals surface area contributed by atoms with Crippen LogP contribution in [0.4, 0.5) is 8.78 Å². The predicted molar refractivity (Wildman–Crippen MR) is 56.1 cm³/mol. The van der Waals surface area contributed by atoms with Gasteiger partial charge in [0.15, 0.2) is 0 Å². The lowest BCUT2D eigenvalue weighted by Gasteiger charge is -2.09. The summed E-state index contributed by atoms with van der Waals surface area (Å²) in [6, 6.07) is 2.30. The summed E-state index contributed by atoms with van der Waals surface area (Å²) in [5.74, 6) is -0.945. The van der Waals surface area contributed by atoms with E-state index >= 15 is 0 Å². The van der Waals surface area contributed by atoms with E-state index in [1.807, 2.05) is 0 Å². The number of halogens is 2. The van der Waals surface area contributed by atoms with Gasteiger partial charge in [0.2, 0.25) is 0 Å². The normalized spacial score (nSPS) is 10.8. The summed E-state index contributed by atoms with van der Waals surface area (Å²) in [7, 11) is 0. The van der Waals surface area contributed by atoms with Gasteiger partial charge in [-0.05, 0) is 18.6 Å². The number of nitrogens with zero attached hydrogens (tertiary/aromatic N) is 2. The van der Waals surface area contributed by atoms with Gasteiger partial charge in [-0.25, -0.2) is 13.8 Å². The van der Waals surface area contributed by atoms with E-state index in [0.717, 1.165) is 12.1 Å². The topological polar surface area (TPSA) is 43.8 Å². The van der Waals surface area contributed by atoms with Crippen molar-refractivity contribution in [2.75, 3.05) is 0 Å². The minimum atomic E-state index is -0.494. The second-order valence-electron chi connectivity index (χ2n) is 3.51. The lowest BCUT2D eigenvalue weighted by molar-refractivity contribution is 0.584. The van der Waals surface area contributed by atoms with Gasteiger partial charge >= 0.3 is 0 Å². The molecule has 1 heterocycles. The van der Waals surface area contributed by atoms with Crippen LogP contribution in [0.2, 0.25) is 0 Å². The Morgan fingerprint density at radius 2 is 2.06 bits per heavy atom. The summed E-state index contributed by atoms with van der Waals surface area (Å²) in [5.41, 5.74) is 6.50. The molecular formula is C11H11F2N3. The second kappa shape index (κ2) is 4.02. The van der Waals surface area contributed by atoms with Crippen LogP contribution >= 0.6 is 0 Å². The molecule has 0 atom stereocenters. The molecule has 0 aliphatic rings. The lowest BCUT2D eigenvalue weighted by Crippen LogP contribution is -2.07. The highest BCUT2D eigenvalue weighted by Gasteiger charge is 2.11. The molecule has 0 amide bonds. The molecule has 2 rings (SSSR count). The molecule has 0 saturated heterocycles. The van der Waals surface area contributed by atoms with E-state index in [4.69, 9.17) is 5.73 Å². The Balaban J connectivity index is 2.60. The molecule has 0 unspecified atom stereocenters. The van der Waals surface area contributed by atoms with Gasteiger partial charge in [0.1, 0.15) is 11.6 Å². The fourth-order valence-corrected chi connectivity index (χ4v) is 1.51. The molecule has 1 aromatic heterocycles. The van der Waals surface area contributed by atoms with E-state index < -0.39 is 11.6 Å². The van der Waals surface area contributed by atoms with Gasteiger partial charge in [-0.1, -0.05) is 0 Å². The maximum atomic E-state index is 13.7. The first-order chi connectivity index (χ1) is 7.63. The summed E-state index contributed by atoms with van der Waals surface area (Å²) >= 11 is 0. The van der Waals surface area contributed by atoms with E-state index in [1.54, 1.807) is 0 Å². The molecule has 1 aromatic carbocycles. The van der Waals surface area contributed by atoms with Crippen LogP contribution in [0.3, 0.4) is 0 Å². The van der Waals surface area contributed by atoms with Gasteiger partial charge in [-0.15, -0.1) is 0 Å². The summed E-state index contributed by atoms with van der Waals surface area (Å²) in [6.45, 7) is 1.73. The van der Waals surface area contributed by atoms with Crippen LogP contribution in [-0.2, 0) is 6.54 Å². The van der Waals surface area contributed by atoms with Crippen LogP contribution in [0.25, 0.3) is 5.69 Å². The molecule has 2 aromatic rings. The van der Waals surface area contributed by atoms with Crippen LogP contribution in [0.15, 0.2) is 24.7 Å². The first-order valence-corrected chi connectivity index (χ1v) is 4.80. The summed E-state index contributed by atoms with van der Waals surface area (Å²) < 4.78 is 28.5. The zero-order valence-electron chi connectivity index (χ0n) is 8.74. The van der Waals surface area contributed by atoms with Crippen LogP contribution < -0.4 is 5.73 Å². The van der Waals surface area contributed by atoms with Crippen molar-refractivity contribution in [3.8, 4) is 5.69 Å². The van der Waals surface area contributed by atoms with Gasteiger partial charge in [0.05, 0.1) is 17.7 Å². The molecule has 0 saturated carbocycles. The van der Waals surface area contributed by atoms with E-state index in [-0.39, 0.29) is 17.8 Å². The Bertz CT molecular complexity index is 520. The highest BCUT2D eigenvalue weighted by molar-refractivity contribution is 5.38. The zero-order chi connectivity index (χ0) is 11.7. The molecule has 0 bridgehead atoms. The molecule has 5 heteroatoms. The monoisotopic (exact) mass is 223 g/mol. The number of aromatic nitrogens is 2. The molecule has 16 heavy (non-hydrogen) atoms. The lowest BCUT2D eigenvalue weighted by atomic mass is 10.2. The average Bonchev–Trinajstić information content (AvgIpc) is 2.71. The van der Waals surface area contributed by atoms with Crippen molar-refractivity contribution in [1.82, 2.24) is 9.55 Å². The van der Waals surface area contributed by atoms with Crippen LogP contribution in [0.5, 0.6) is 0 Å². The molecular weight excluding hydrogens is 212 g/mol. The maximum absolute atomic E-state index is 13.7. The van der Waals surface area contributed by atoms with Crippen molar-refractivity contribution in [1.29, 1.82) is 0 Å². The zero-order valence-corrected chi connectivity index (χ0v) is 8.74. The predicted octanol–water partition coefficient (Wildman–Crippen LogP) is 1.92. The number of nitrogens with two attached hydrogens (primary N) is 1. The van der Waals surface area contributed by atoms with Crippen molar-refractivity contribution in [2.24, 2.45) is 5.73 Å². The van der Waals surface area contributed by atoms with Crippen molar-refractivity contribution in [2.45, 2.75) is 13.5 Å². The van der Waals surface area contributed by atoms with Crippen LogP contribution in [0.1, 0.15) is 11.3 Å². The highest BCUT2D eigenvalue weighted by Crippen LogP contribution is 2.19. The molecule has 0 aliphatic carbocycles. The summed E-state index contributed by atoms with van der Waals surface area (Å²) in [6.07, 6.45) is 2.94. The third-order valence-electron chi connectivity index (χ3n) is 2.41. The first-order valence-electron chi connectivity index (χ1n) is 4.80. The first kappa shape index (κ1) is 10.8. The van der Waals surface area contributed by atoms with E-state index in [1.165, 1.54) is 24.0 Å². The average molecular weight is 223 g/mol. The minimum absolute atomic E-state index is 0.126. The molecule has 84 valence electrons. The Labute approximate surface area is 91.5 Å². The van der Waals surface area contributed by atoms with Crippen LogP contribution in [0, 0.1) is 18.6 Å². The smallest absolute Gasteiger partial charge is 0.147 e. The van der Waals surface area contributed by atoms with Gasteiger partial charge < -0.3 is 5.73 Å². The largest absolute Gasteiger partial charge is 0.325 e. The van der Waals surface area contributed by atoms with E-state index in [2.05, 4.69) is 4.98 Å². The fourth-order valence-electron chi connectivity index (χ4n) is 1.51. The van der Waals surface area contributed by atoms with Gasteiger partial charge in [-0.3, -0.25) is 4.57 Å². The molecule has 0 spiro atoms. The minimum Gasteiger partial charge on any atom is -0.325 e. The third-order valence-corrected chi connectivity index (χ3v) is 2.41. The Morgan fingerprint density at radius 1 is 1.31 bits per heavy atom. The summed E-state index contributed by atoms with van der Waals surface area (Å²) in [4.78, 5) is 3.86. The van der Waals surface area contributed by atoms with Crippen molar-refractivity contribution in [3.05, 3.63) is 47.5 Å². The number of rotatable bonds is 2. The standard InChI is InChI=1S/C11H11F2N3/c1-7-2-10(13)11(3-9(7)12)16-6-15-5-8(16)4-14/h2-3,5-6H,4,14H2,1H3. The highest BCUT2D eigenvalue weighted by atomic mass is 19.1. The Morgan fingerprint density at radius 3 is 2.75 bits per heavy atom. The number of benzene rings is 1. The quantitative estimate of drug-likeness (QED) is 0.845. The third kappa shape index (κ3) is 1.69. The number of aryl methyl sites for hydroxylation is 1. The van der Waals surface area contributed by atoms with E-state index in [0.29, 0.717) is 5.69 Å². The van der Waals surface area contributed by atoms with E-state index in [9.17, 15) is 8.78 Å². The molecule has 0 radical (unpaired) electrons. The fraction of sp³-hybridized carbons (Fsp3) is 0.182. The van der Waals surface area contributed by atoms with Crippen molar-refractivity contribution in [3.63, 3.8) is 0 Å². The van der Waals surface area contributed by atoms with Crippen molar-refractivity contribution < 1.29 is 8.78 Å². The molecule has 3 nitrogen and oxygen atoms in total. The number of hydrogen-bond acceptors (Lipinski definition) is 2. The number of hydrogen-bond donors (Lipinski definition) is 1. The molecule has 0 aliphatic heterocycles. The number of imidazole rings is 1. The summed E-state index contributed by atoms with van der Waals surface area (Å²) in [5, 5.41) is 0. The van der Waals surface area contributed by atoms with Crippen molar-refractivity contribution >= 4 is 0 Å². The van der Waals surface area contributed by atoms with Gasteiger partial charge in [-0.2, -0.15) is 0 Å². The molecule has 0 fully saturated rings. The Hall–Kier alpha value is -1.75. The van der Waals surface area contributed by atoms with Gasteiger partial charge in [0, 0.05) is 18.8 Å². The SMILES string of the molecule is Cc1cc(F)c(-n2cncc2CN)cc1F.